The van der Waals surface area contributed by atoms with Crippen LogP contribution >= 0.6 is 45.9 Å². The first kappa shape index (κ1) is 64.4. The van der Waals surface area contributed by atoms with Gasteiger partial charge in [0.25, 0.3) is 23.6 Å². The van der Waals surface area contributed by atoms with Gasteiger partial charge in [0.2, 0.25) is 0 Å². The van der Waals surface area contributed by atoms with Gasteiger partial charge in [-0.1, -0.05) is 38.1 Å². The molecule has 0 saturated carbocycles. The van der Waals surface area contributed by atoms with Crippen molar-refractivity contribution in [1.82, 2.24) is 60.7 Å². The molecular weight excluding hydrogens is 1160 g/mol. The number of thiazole rings is 2. The molecule has 0 spiro atoms. The van der Waals surface area contributed by atoms with E-state index in [2.05, 4.69) is 71.4 Å². The average molecular weight is 1210 g/mol. The minimum absolute atomic E-state index is 0. The van der Waals surface area contributed by atoms with Crippen LogP contribution in [0.15, 0.2) is 61.7 Å². The Morgan fingerprint density at radius 1 is 0.580 bits per heavy atom. The number of aromatic nitrogens is 8. The maximum atomic E-state index is 13.1. The predicted octanol–water partition coefficient (Wildman–Crippen LogP) is 9.23. The Kier molecular flexibility index (Phi) is 21.8. The molecule has 5 amide bonds. The number of carbonyl (C=O) groups is 5. The molecule has 2 atom stereocenters. The highest BCUT2D eigenvalue weighted by Crippen LogP contribution is 2.37. The number of alkyl halides is 6. The average Bonchev–Trinajstić information content (AvgIpc) is 4.15. The van der Waals surface area contributed by atoms with Gasteiger partial charge in [0.15, 0.2) is 0 Å². The lowest BCUT2D eigenvalue weighted by Crippen LogP contribution is -2.50. The lowest BCUT2D eigenvalue weighted by molar-refractivity contribution is -0.138. The third kappa shape index (κ3) is 17.5. The van der Waals surface area contributed by atoms with Crippen molar-refractivity contribution in [2.45, 2.75) is 79.5 Å². The summed E-state index contributed by atoms with van der Waals surface area (Å²) in [6.07, 6.45) is -3.05. The first-order valence-electron chi connectivity index (χ1n) is 23.7. The minimum Gasteiger partial charge on any atom is -0.444 e. The number of anilines is 4. The van der Waals surface area contributed by atoms with Gasteiger partial charge in [0, 0.05) is 76.9 Å². The summed E-state index contributed by atoms with van der Waals surface area (Å²) in [7, 11) is 0. The third-order valence-corrected chi connectivity index (χ3v) is 14.2. The monoisotopic (exact) mass is 1210 g/mol. The molecule has 8 rings (SSSR count). The van der Waals surface area contributed by atoms with Crippen molar-refractivity contribution < 1.29 is 55.1 Å². The lowest BCUT2D eigenvalue weighted by atomic mass is 10.2. The number of piperazine rings is 2. The van der Waals surface area contributed by atoms with Crippen molar-refractivity contribution >= 4 is 98.9 Å². The third-order valence-electron chi connectivity index (χ3n) is 11.2. The largest absolute Gasteiger partial charge is 0.444 e. The van der Waals surface area contributed by atoms with E-state index in [1.54, 1.807) is 51.7 Å². The normalized spacial score (nSPS) is 14.4. The van der Waals surface area contributed by atoms with Gasteiger partial charge in [0.05, 0.1) is 45.6 Å². The van der Waals surface area contributed by atoms with Crippen LogP contribution in [0.1, 0.15) is 123 Å². The van der Waals surface area contributed by atoms with Crippen LogP contribution in [0.4, 0.5) is 54.4 Å². The quantitative estimate of drug-likeness (QED) is 0.0715. The Bertz CT molecular complexity index is 3190. The Morgan fingerprint density at radius 3 is 1.38 bits per heavy atom. The second kappa shape index (κ2) is 27.4. The van der Waals surface area contributed by atoms with Gasteiger partial charge in [-0.25, -0.2) is 44.7 Å². The molecule has 5 N–H and O–H groups in total. The number of amides is 5. The van der Waals surface area contributed by atoms with Gasteiger partial charge in [0.1, 0.15) is 72.7 Å². The van der Waals surface area contributed by atoms with Crippen molar-refractivity contribution in [2.75, 3.05) is 72.8 Å². The van der Waals surface area contributed by atoms with Crippen LogP contribution in [0.5, 0.6) is 0 Å². The van der Waals surface area contributed by atoms with Crippen LogP contribution in [-0.4, -0.2) is 132 Å². The number of pyridine rings is 2. The molecule has 436 valence electrons. The van der Waals surface area contributed by atoms with Crippen molar-refractivity contribution in [2.24, 2.45) is 0 Å². The topological polar surface area (TPSA) is 268 Å². The van der Waals surface area contributed by atoms with Gasteiger partial charge in [-0.2, -0.15) is 26.3 Å². The fraction of sp³-hybridized carbons (Fsp3) is 0.408. The standard InChI is InChI=1S/C26H28ClF3N8O4S.C21H20ClF3N8O2S.2CH4/c1-14(23-32-12-18(43-23)22(40)36-19-9-15(26(28,29)30)16(27)11-31-19)35-21(39)17-10-20(34-13-33-17)37-5-7-38(8-6-37)24(41)42-25(2,3)4;1-11(31-18(34)14-7-17(30-10-29-14)33-4-2-26-3-5-33)20-28-9-15(36-20)19(35)32-16-6-12(21(23,24)25)13(22)8-27-16;;/h9-14H,5-8H2,1-4H3,(H,35,39)(H,31,36,40);6-11,26H,2-5H2,1H3,(H,31,34)(H,27,32,35);2*1H4. The van der Waals surface area contributed by atoms with Crippen LogP contribution in [0, 0.1) is 0 Å². The first-order chi connectivity index (χ1) is 37.2. The smallest absolute Gasteiger partial charge is 0.418 e. The zero-order chi connectivity index (χ0) is 57.4. The van der Waals surface area contributed by atoms with Crippen LogP contribution in [0.2, 0.25) is 10.0 Å². The molecule has 2 saturated heterocycles. The van der Waals surface area contributed by atoms with E-state index >= 15 is 0 Å². The molecule has 81 heavy (non-hydrogen) atoms. The SMILES string of the molecule is C.C.CC(NC(=O)c1cc(N2CCN(C(=O)OC(C)(C)C)CC2)ncn1)c1ncc(C(=O)Nc2cc(C(F)(F)F)c(Cl)cn2)s1.CC(NC(=O)c1cc(N2CCNCC2)ncn1)c1ncc(C(=O)Nc2cc(C(F)(F)F)c(Cl)cn2)s1. The molecule has 2 fully saturated rings. The van der Waals surface area contributed by atoms with Crippen LogP contribution in [0.25, 0.3) is 0 Å². The van der Waals surface area contributed by atoms with Crippen LogP contribution in [0.3, 0.4) is 0 Å². The number of hydrogen-bond donors (Lipinski definition) is 5. The number of halogens is 8. The van der Waals surface area contributed by atoms with Crippen molar-refractivity contribution in [3.05, 3.63) is 114 Å². The highest BCUT2D eigenvalue weighted by atomic mass is 35.5. The zero-order valence-electron chi connectivity index (χ0n) is 42.3. The van der Waals surface area contributed by atoms with Gasteiger partial charge in [-0.05, 0) is 46.8 Å². The highest BCUT2D eigenvalue weighted by Gasteiger charge is 2.36. The van der Waals surface area contributed by atoms with Crippen LogP contribution in [-0.2, 0) is 17.1 Å². The summed E-state index contributed by atoms with van der Waals surface area (Å²) in [5, 5.41) is 13.0. The fourth-order valence-electron chi connectivity index (χ4n) is 7.28. The molecule has 6 aromatic heterocycles. The molecule has 2 aliphatic heterocycles. The number of carbonyl (C=O) groups excluding carboxylic acids is 5. The molecule has 32 heteroatoms. The molecule has 0 bridgehead atoms. The van der Waals surface area contributed by atoms with E-state index in [1.165, 1.54) is 25.0 Å². The molecule has 6 aromatic rings. The van der Waals surface area contributed by atoms with Crippen molar-refractivity contribution in [3.63, 3.8) is 0 Å². The minimum atomic E-state index is -4.72. The summed E-state index contributed by atoms with van der Waals surface area (Å²) in [4.78, 5) is 101. The first-order valence-corrected chi connectivity index (χ1v) is 26.0. The summed E-state index contributed by atoms with van der Waals surface area (Å²) >= 11 is 13.1. The number of nitrogens with one attached hydrogen (secondary N) is 5. The maximum absolute atomic E-state index is 13.1. The molecule has 0 radical (unpaired) electrons. The number of ether oxygens (including phenoxy) is 1. The predicted molar refractivity (Wildman–Crippen MR) is 293 cm³/mol. The van der Waals surface area contributed by atoms with E-state index in [-0.39, 0.29) is 53.7 Å². The summed E-state index contributed by atoms with van der Waals surface area (Å²) in [6.45, 7) is 13.8. The number of rotatable bonds is 12. The highest BCUT2D eigenvalue weighted by molar-refractivity contribution is 7.14. The molecule has 2 unspecified atom stereocenters. The Hall–Kier alpha value is -7.41. The van der Waals surface area contributed by atoms with Crippen molar-refractivity contribution in [1.29, 1.82) is 0 Å². The van der Waals surface area contributed by atoms with E-state index in [4.69, 9.17) is 27.9 Å². The van der Waals surface area contributed by atoms with Gasteiger partial charge in [-0.3, -0.25) is 19.2 Å². The van der Waals surface area contributed by atoms with Crippen LogP contribution < -0.4 is 36.4 Å². The van der Waals surface area contributed by atoms with E-state index in [0.29, 0.717) is 60.0 Å². The second-order valence-electron chi connectivity index (χ2n) is 18.2. The Labute approximate surface area is 478 Å². The van der Waals surface area contributed by atoms with Crippen molar-refractivity contribution in [3.8, 4) is 0 Å². The summed E-state index contributed by atoms with van der Waals surface area (Å²) in [5.74, 6) is -1.83. The zero-order valence-corrected chi connectivity index (χ0v) is 45.4. The van der Waals surface area contributed by atoms with Gasteiger partial charge < -0.3 is 46.0 Å². The van der Waals surface area contributed by atoms with E-state index in [1.807, 2.05) is 4.90 Å². The summed E-state index contributed by atoms with van der Waals surface area (Å²) in [5.41, 5.74) is -2.53. The Morgan fingerprint density at radius 2 is 0.988 bits per heavy atom. The molecule has 0 aromatic carbocycles. The van der Waals surface area contributed by atoms with Gasteiger partial charge >= 0.3 is 18.4 Å². The van der Waals surface area contributed by atoms with E-state index < -0.39 is 74.8 Å². The summed E-state index contributed by atoms with van der Waals surface area (Å²) in [6, 6.07) is 3.26. The van der Waals surface area contributed by atoms with E-state index in [0.717, 1.165) is 61.2 Å². The second-order valence-corrected chi connectivity index (χ2v) is 21.2. The molecule has 8 heterocycles. The Balaban J connectivity index is 0.000000294. The number of nitrogens with zero attached hydrogens (tertiary/aromatic N) is 11. The number of hydrogen-bond acceptors (Lipinski definition) is 19. The molecular formula is C49H56Cl2F6N16O6S2. The summed E-state index contributed by atoms with van der Waals surface area (Å²) < 4.78 is 83.9. The molecule has 0 aliphatic carbocycles. The lowest BCUT2D eigenvalue weighted by Gasteiger charge is -2.36. The maximum Gasteiger partial charge on any atom is 0.418 e. The molecule has 22 nitrogen and oxygen atoms in total. The fourth-order valence-corrected chi connectivity index (χ4v) is 9.33. The van der Waals surface area contributed by atoms with E-state index in [9.17, 15) is 50.3 Å². The van der Waals surface area contributed by atoms with Gasteiger partial charge in [-0.15, -0.1) is 22.7 Å². The molecule has 2 aliphatic rings.